The van der Waals surface area contributed by atoms with Gasteiger partial charge in [0.2, 0.25) is 0 Å². The number of hydrogen-bond donors (Lipinski definition) is 2. The average Bonchev–Trinajstić information content (AvgIpc) is 2.91. The van der Waals surface area contributed by atoms with Crippen LogP contribution < -0.4 is 5.32 Å². The number of para-hydroxylation sites is 1. The molecule has 0 saturated carbocycles. The second kappa shape index (κ2) is 5.15. The molecule has 6 heteroatoms. The number of rotatable bonds is 3. The fourth-order valence-corrected chi connectivity index (χ4v) is 2.25. The third-order valence-corrected chi connectivity index (χ3v) is 3.40. The summed E-state index contributed by atoms with van der Waals surface area (Å²) in [4.78, 5) is 20.6. The standard InChI is InChI=1S/C14H15N3O3/c18-13(17-8-14(19)4-7-20-9-14)10-2-1-3-11-12(10)16-6-5-15-11/h1-3,5-6,19H,4,7-9H2,(H,17,18). The minimum absolute atomic E-state index is 0.169. The number of aromatic nitrogens is 2. The van der Waals surface area contributed by atoms with Gasteiger partial charge in [-0.05, 0) is 12.1 Å². The van der Waals surface area contributed by atoms with Gasteiger partial charge in [0.15, 0.2) is 0 Å². The second-order valence-electron chi connectivity index (χ2n) is 4.94. The first-order chi connectivity index (χ1) is 9.68. The monoisotopic (exact) mass is 273 g/mol. The summed E-state index contributed by atoms with van der Waals surface area (Å²) in [5, 5.41) is 12.9. The summed E-state index contributed by atoms with van der Waals surface area (Å²) in [5.41, 5.74) is 0.717. The molecule has 0 spiro atoms. The van der Waals surface area contributed by atoms with Crippen LogP contribution >= 0.6 is 0 Å². The second-order valence-corrected chi connectivity index (χ2v) is 4.94. The van der Waals surface area contributed by atoms with Crippen LogP contribution in [0, 0.1) is 0 Å². The van der Waals surface area contributed by atoms with Crippen molar-refractivity contribution in [1.82, 2.24) is 15.3 Å². The molecule has 1 unspecified atom stereocenters. The number of fused-ring (bicyclic) bond motifs is 1. The van der Waals surface area contributed by atoms with Crippen molar-refractivity contribution in [2.45, 2.75) is 12.0 Å². The number of amides is 1. The number of aliphatic hydroxyl groups is 1. The molecule has 1 aliphatic heterocycles. The van der Waals surface area contributed by atoms with Gasteiger partial charge >= 0.3 is 0 Å². The molecule has 6 nitrogen and oxygen atoms in total. The van der Waals surface area contributed by atoms with Gasteiger partial charge in [0, 0.05) is 32.0 Å². The van der Waals surface area contributed by atoms with Crippen LogP contribution in [0.1, 0.15) is 16.8 Å². The van der Waals surface area contributed by atoms with E-state index in [1.54, 1.807) is 30.6 Å². The lowest BCUT2D eigenvalue weighted by Crippen LogP contribution is -2.43. The molecule has 104 valence electrons. The SMILES string of the molecule is O=C(NCC1(O)CCOC1)c1cccc2nccnc12. The molecule has 2 N–H and O–H groups in total. The lowest BCUT2D eigenvalue weighted by atomic mass is 10.0. The summed E-state index contributed by atoms with van der Waals surface area (Å²) >= 11 is 0. The van der Waals surface area contributed by atoms with Crippen molar-refractivity contribution < 1.29 is 14.6 Å². The van der Waals surface area contributed by atoms with Crippen LogP contribution in [0.4, 0.5) is 0 Å². The Hall–Kier alpha value is -2.05. The number of benzene rings is 1. The van der Waals surface area contributed by atoms with E-state index in [1.165, 1.54) is 0 Å². The first kappa shape index (κ1) is 13.0. The predicted octanol–water partition coefficient (Wildman–Crippen LogP) is 0.511. The highest BCUT2D eigenvalue weighted by Gasteiger charge is 2.32. The fraction of sp³-hybridized carbons (Fsp3) is 0.357. The largest absolute Gasteiger partial charge is 0.386 e. The van der Waals surface area contributed by atoms with E-state index in [2.05, 4.69) is 15.3 Å². The zero-order valence-electron chi connectivity index (χ0n) is 10.9. The van der Waals surface area contributed by atoms with Gasteiger partial charge in [0.25, 0.3) is 5.91 Å². The van der Waals surface area contributed by atoms with E-state index < -0.39 is 5.60 Å². The minimum atomic E-state index is -0.966. The molecule has 1 saturated heterocycles. The molecule has 1 aromatic heterocycles. The highest BCUT2D eigenvalue weighted by molar-refractivity contribution is 6.04. The van der Waals surface area contributed by atoms with E-state index in [0.717, 1.165) is 0 Å². The third kappa shape index (κ3) is 2.48. The summed E-state index contributed by atoms with van der Waals surface area (Å²) in [7, 11) is 0. The van der Waals surface area contributed by atoms with E-state index in [1.807, 2.05) is 0 Å². The molecular weight excluding hydrogens is 258 g/mol. The Balaban J connectivity index is 1.79. The molecule has 1 aromatic carbocycles. The Bertz CT molecular complexity index is 633. The van der Waals surface area contributed by atoms with Crippen molar-refractivity contribution in [2.75, 3.05) is 19.8 Å². The highest BCUT2D eigenvalue weighted by atomic mass is 16.5. The van der Waals surface area contributed by atoms with Gasteiger partial charge in [-0.15, -0.1) is 0 Å². The molecule has 2 aromatic rings. The Kier molecular flexibility index (Phi) is 3.33. The molecule has 0 aliphatic carbocycles. The van der Waals surface area contributed by atoms with Gasteiger partial charge in [0.1, 0.15) is 11.1 Å². The molecule has 3 rings (SSSR count). The van der Waals surface area contributed by atoms with Crippen LogP contribution in [-0.4, -0.2) is 46.3 Å². The summed E-state index contributed by atoms with van der Waals surface area (Å²) in [6.07, 6.45) is 3.67. The molecule has 20 heavy (non-hydrogen) atoms. The van der Waals surface area contributed by atoms with E-state index in [-0.39, 0.29) is 19.1 Å². The van der Waals surface area contributed by atoms with Crippen molar-refractivity contribution in [1.29, 1.82) is 0 Å². The average molecular weight is 273 g/mol. The van der Waals surface area contributed by atoms with E-state index in [4.69, 9.17) is 4.74 Å². The van der Waals surface area contributed by atoms with E-state index in [0.29, 0.717) is 29.6 Å². The Labute approximate surface area is 115 Å². The van der Waals surface area contributed by atoms with Gasteiger partial charge in [-0.1, -0.05) is 6.07 Å². The van der Waals surface area contributed by atoms with Crippen molar-refractivity contribution in [2.24, 2.45) is 0 Å². The minimum Gasteiger partial charge on any atom is -0.386 e. The van der Waals surface area contributed by atoms with E-state index in [9.17, 15) is 9.90 Å². The molecule has 0 bridgehead atoms. The zero-order valence-corrected chi connectivity index (χ0v) is 10.9. The van der Waals surface area contributed by atoms with Crippen molar-refractivity contribution in [3.8, 4) is 0 Å². The normalized spacial score (nSPS) is 22.1. The quantitative estimate of drug-likeness (QED) is 0.851. The van der Waals surface area contributed by atoms with Gasteiger partial charge in [-0.2, -0.15) is 0 Å². The van der Waals surface area contributed by atoms with Gasteiger partial charge in [-0.25, -0.2) is 0 Å². The summed E-state index contributed by atoms with van der Waals surface area (Å²) in [6, 6.07) is 5.26. The Morgan fingerprint density at radius 1 is 1.40 bits per heavy atom. The van der Waals surface area contributed by atoms with Crippen molar-refractivity contribution in [3.05, 3.63) is 36.2 Å². The summed E-state index contributed by atoms with van der Waals surface area (Å²) in [5.74, 6) is -0.267. The van der Waals surface area contributed by atoms with Crippen LogP contribution in [0.3, 0.4) is 0 Å². The predicted molar refractivity (Wildman–Crippen MR) is 72.3 cm³/mol. The Morgan fingerprint density at radius 3 is 3.05 bits per heavy atom. The molecule has 2 heterocycles. The smallest absolute Gasteiger partial charge is 0.253 e. The zero-order chi connectivity index (χ0) is 14.0. The van der Waals surface area contributed by atoms with Crippen LogP contribution in [0.2, 0.25) is 0 Å². The number of carbonyl (C=O) groups excluding carboxylic acids is 1. The highest BCUT2D eigenvalue weighted by Crippen LogP contribution is 2.18. The van der Waals surface area contributed by atoms with Crippen LogP contribution in [-0.2, 0) is 4.74 Å². The molecule has 0 radical (unpaired) electrons. The molecule has 1 atom stereocenters. The van der Waals surface area contributed by atoms with Crippen LogP contribution in [0.5, 0.6) is 0 Å². The van der Waals surface area contributed by atoms with Gasteiger partial charge < -0.3 is 15.2 Å². The first-order valence-corrected chi connectivity index (χ1v) is 6.46. The molecule has 1 amide bonds. The number of hydrogen-bond acceptors (Lipinski definition) is 5. The maximum absolute atomic E-state index is 12.2. The molecule has 1 aliphatic rings. The molecule has 1 fully saturated rings. The van der Waals surface area contributed by atoms with Crippen molar-refractivity contribution in [3.63, 3.8) is 0 Å². The number of ether oxygens (including phenoxy) is 1. The fourth-order valence-electron chi connectivity index (χ4n) is 2.25. The lowest BCUT2D eigenvalue weighted by Gasteiger charge is -2.20. The van der Waals surface area contributed by atoms with Crippen molar-refractivity contribution >= 4 is 16.9 Å². The summed E-state index contributed by atoms with van der Waals surface area (Å²) in [6.45, 7) is 0.942. The van der Waals surface area contributed by atoms with Crippen LogP contribution in [0.15, 0.2) is 30.6 Å². The lowest BCUT2D eigenvalue weighted by molar-refractivity contribution is 0.0265. The van der Waals surface area contributed by atoms with Gasteiger partial charge in [0.05, 0.1) is 17.7 Å². The van der Waals surface area contributed by atoms with Gasteiger partial charge in [-0.3, -0.25) is 14.8 Å². The number of nitrogens with zero attached hydrogens (tertiary/aromatic N) is 2. The van der Waals surface area contributed by atoms with Crippen LogP contribution in [0.25, 0.3) is 11.0 Å². The maximum atomic E-state index is 12.2. The third-order valence-electron chi connectivity index (χ3n) is 3.40. The topological polar surface area (TPSA) is 84.3 Å². The van der Waals surface area contributed by atoms with E-state index >= 15 is 0 Å². The Morgan fingerprint density at radius 2 is 2.25 bits per heavy atom. The summed E-state index contributed by atoms with van der Waals surface area (Å²) < 4.78 is 5.14. The molecular formula is C14H15N3O3. The first-order valence-electron chi connectivity index (χ1n) is 6.46. The maximum Gasteiger partial charge on any atom is 0.253 e. The number of nitrogens with one attached hydrogen (secondary N) is 1. The number of carbonyl (C=O) groups is 1.